The van der Waals surface area contributed by atoms with Gasteiger partial charge in [0.2, 0.25) is 0 Å². The molecule has 0 aliphatic carbocycles. The van der Waals surface area contributed by atoms with Crippen LogP contribution in [0.25, 0.3) is 11.3 Å². The Morgan fingerprint density at radius 2 is 1.93 bits per heavy atom. The van der Waals surface area contributed by atoms with Crippen molar-refractivity contribution in [3.63, 3.8) is 0 Å². The lowest BCUT2D eigenvalue weighted by molar-refractivity contribution is -0.126. The molecule has 1 atom stereocenters. The molecule has 0 radical (unpaired) electrons. The molecule has 1 amide bonds. The minimum absolute atomic E-state index is 0.101. The number of rotatable bonds is 5. The Morgan fingerprint density at radius 1 is 1.20 bits per heavy atom. The average Bonchev–Trinajstić information content (AvgIpc) is 3.07. The molecule has 2 heterocycles. The first kappa shape index (κ1) is 20.1. The number of aromatic carboxylic acids is 1. The fraction of sp³-hybridized carbons (Fsp3) is 0.261. The predicted octanol–water partition coefficient (Wildman–Crippen LogP) is 4.83. The van der Waals surface area contributed by atoms with E-state index >= 15 is 0 Å². The van der Waals surface area contributed by atoms with E-state index in [0.717, 1.165) is 26.7 Å². The summed E-state index contributed by atoms with van der Waals surface area (Å²) < 4.78 is 5.95. The van der Waals surface area contributed by atoms with Gasteiger partial charge in [-0.15, -0.1) is 11.3 Å². The van der Waals surface area contributed by atoms with Crippen molar-refractivity contribution in [3.05, 3.63) is 63.5 Å². The van der Waals surface area contributed by atoms with Crippen molar-refractivity contribution in [2.45, 2.75) is 39.8 Å². The van der Waals surface area contributed by atoms with E-state index in [2.05, 4.69) is 4.98 Å². The van der Waals surface area contributed by atoms with Crippen molar-refractivity contribution in [2.75, 3.05) is 4.90 Å². The Morgan fingerprint density at radius 3 is 2.53 bits per heavy atom. The lowest BCUT2D eigenvalue weighted by Crippen LogP contribution is -2.45. The van der Waals surface area contributed by atoms with Crippen LogP contribution < -0.4 is 9.64 Å². The molecule has 4 rings (SSSR count). The molecule has 6 nitrogen and oxygen atoms in total. The van der Waals surface area contributed by atoms with E-state index in [0.29, 0.717) is 24.4 Å². The summed E-state index contributed by atoms with van der Waals surface area (Å²) in [5.74, 6) is -0.411. The summed E-state index contributed by atoms with van der Waals surface area (Å²) in [6, 6.07) is 12.4. The Labute approximate surface area is 178 Å². The first-order valence-electron chi connectivity index (χ1n) is 9.76. The van der Waals surface area contributed by atoms with Gasteiger partial charge >= 0.3 is 5.97 Å². The van der Waals surface area contributed by atoms with Gasteiger partial charge in [-0.1, -0.05) is 19.1 Å². The third kappa shape index (κ3) is 3.68. The van der Waals surface area contributed by atoms with Crippen LogP contribution in [0.3, 0.4) is 0 Å². The maximum atomic E-state index is 13.1. The molecule has 0 spiro atoms. The minimum atomic E-state index is -0.973. The summed E-state index contributed by atoms with van der Waals surface area (Å²) in [5.41, 5.74) is 3.62. The number of carbonyl (C=O) groups excluding carboxylic acids is 1. The van der Waals surface area contributed by atoms with Gasteiger partial charge in [-0.3, -0.25) is 4.79 Å². The highest BCUT2D eigenvalue weighted by molar-refractivity contribution is 7.11. The highest BCUT2D eigenvalue weighted by Crippen LogP contribution is 2.40. The van der Waals surface area contributed by atoms with Gasteiger partial charge in [0.15, 0.2) is 6.10 Å². The summed E-state index contributed by atoms with van der Waals surface area (Å²) in [6.07, 6.45) is 0.0312. The van der Waals surface area contributed by atoms with Crippen LogP contribution in [0, 0.1) is 13.8 Å². The van der Waals surface area contributed by atoms with Crippen molar-refractivity contribution >= 4 is 28.9 Å². The van der Waals surface area contributed by atoms with Crippen LogP contribution >= 0.6 is 11.3 Å². The fourth-order valence-corrected chi connectivity index (χ4v) is 4.46. The molecule has 1 aliphatic heterocycles. The normalized spacial score (nSPS) is 15.6. The lowest BCUT2D eigenvalue weighted by Gasteiger charge is -2.34. The quantitative estimate of drug-likeness (QED) is 0.637. The number of carboxylic acids is 1. The zero-order valence-corrected chi connectivity index (χ0v) is 17.8. The van der Waals surface area contributed by atoms with Crippen LogP contribution in [0.4, 0.5) is 5.69 Å². The fourth-order valence-electron chi connectivity index (χ4n) is 3.62. The van der Waals surface area contributed by atoms with E-state index < -0.39 is 12.1 Å². The number of fused-ring (bicyclic) bond motifs is 1. The van der Waals surface area contributed by atoms with Crippen molar-refractivity contribution in [1.82, 2.24) is 4.98 Å². The molecule has 0 fully saturated rings. The second-order valence-electron chi connectivity index (χ2n) is 7.26. The molecule has 1 N–H and O–H groups in total. The van der Waals surface area contributed by atoms with E-state index in [1.54, 1.807) is 40.5 Å². The monoisotopic (exact) mass is 422 g/mol. The zero-order chi connectivity index (χ0) is 21.4. The number of carboxylic acid groups (broad SMARTS) is 1. The lowest BCUT2D eigenvalue weighted by atomic mass is 10.0. The smallest absolute Gasteiger partial charge is 0.335 e. The van der Waals surface area contributed by atoms with E-state index in [1.807, 2.05) is 39.0 Å². The summed E-state index contributed by atoms with van der Waals surface area (Å²) >= 11 is 1.64. The number of anilines is 1. The number of hydrogen-bond acceptors (Lipinski definition) is 5. The Balaban J connectivity index is 1.74. The number of aryl methyl sites for hydroxylation is 2. The summed E-state index contributed by atoms with van der Waals surface area (Å²) in [7, 11) is 0. The van der Waals surface area contributed by atoms with Crippen LogP contribution in [0.2, 0.25) is 0 Å². The maximum absolute atomic E-state index is 13.1. The average molecular weight is 423 g/mol. The molecule has 1 aliphatic rings. The first-order valence-corrected chi connectivity index (χ1v) is 10.6. The van der Waals surface area contributed by atoms with Gasteiger partial charge in [0.05, 0.1) is 28.5 Å². The van der Waals surface area contributed by atoms with Crippen LogP contribution in [-0.2, 0) is 11.3 Å². The molecule has 3 aromatic rings. The zero-order valence-electron chi connectivity index (χ0n) is 17.0. The number of nitrogens with zero attached hydrogens (tertiary/aromatic N) is 2. The third-order valence-electron chi connectivity index (χ3n) is 5.15. The van der Waals surface area contributed by atoms with Gasteiger partial charge in [-0.2, -0.15) is 0 Å². The molecule has 0 saturated carbocycles. The molecule has 0 saturated heterocycles. The standard InChI is InChI=1S/C23H22N2O4S/c1-4-19-22(26)25(12-15-5-7-16(8-6-15)23(27)28)18-11-17(9-10-20(18)29-19)21-13(2)30-14(3)24-21/h5-11,19H,4,12H2,1-3H3,(H,27,28). The number of thiazole rings is 1. The van der Waals surface area contributed by atoms with Gasteiger partial charge in [0.25, 0.3) is 5.91 Å². The number of aromatic nitrogens is 1. The molecular weight excluding hydrogens is 400 g/mol. The van der Waals surface area contributed by atoms with Crippen molar-refractivity contribution < 1.29 is 19.4 Å². The number of ether oxygens (including phenoxy) is 1. The summed E-state index contributed by atoms with van der Waals surface area (Å²) in [6.45, 7) is 6.27. The highest BCUT2D eigenvalue weighted by Gasteiger charge is 2.33. The van der Waals surface area contributed by atoms with Gasteiger partial charge < -0.3 is 14.7 Å². The van der Waals surface area contributed by atoms with Crippen molar-refractivity contribution in [1.29, 1.82) is 0 Å². The van der Waals surface area contributed by atoms with Gasteiger partial charge in [-0.25, -0.2) is 9.78 Å². The van der Waals surface area contributed by atoms with Crippen molar-refractivity contribution in [3.8, 4) is 17.0 Å². The van der Waals surface area contributed by atoms with E-state index in [9.17, 15) is 9.59 Å². The second-order valence-corrected chi connectivity index (χ2v) is 8.67. The molecule has 1 aromatic heterocycles. The van der Waals surface area contributed by atoms with Crippen molar-refractivity contribution in [2.24, 2.45) is 0 Å². The van der Waals surface area contributed by atoms with E-state index in [4.69, 9.17) is 9.84 Å². The Hall–Kier alpha value is -3.19. The van der Waals surface area contributed by atoms with E-state index in [-0.39, 0.29) is 11.5 Å². The number of benzene rings is 2. The minimum Gasteiger partial charge on any atom is -0.478 e. The SMILES string of the molecule is CCC1Oc2ccc(-c3nc(C)sc3C)cc2N(Cc2ccc(C(=O)O)cc2)C1=O. The van der Waals surface area contributed by atoms with E-state index in [1.165, 1.54) is 0 Å². The Kier molecular flexibility index (Phi) is 5.30. The van der Waals surface area contributed by atoms with Crippen LogP contribution in [0.5, 0.6) is 5.75 Å². The number of hydrogen-bond donors (Lipinski definition) is 1. The molecule has 2 aromatic carbocycles. The molecule has 7 heteroatoms. The summed E-state index contributed by atoms with van der Waals surface area (Å²) in [5, 5.41) is 10.1. The Bertz CT molecular complexity index is 1120. The predicted molar refractivity (Wildman–Crippen MR) is 116 cm³/mol. The highest BCUT2D eigenvalue weighted by atomic mass is 32.1. The topological polar surface area (TPSA) is 79.7 Å². The largest absolute Gasteiger partial charge is 0.478 e. The third-order valence-corrected chi connectivity index (χ3v) is 6.04. The summed E-state index contributed by atoms with van der Waals surface area (Å²) in [4.78, 5) is 31.7. The van der Waals surface area contributed by atoms with Gasteiger partial charge in [-0.05, 0) is 56.2 Å². The van der Waals surface area contributed by atoms with Gasteiger partial charge in [0.1, 0.15) is 5.75 Å². The molecular formula is C23H22N2O4S. The molecule has 154 valence electrons. The van der Waals surface area contributed by atoms with Crippen LogP contribution in [-0.4, -0.2) is 28.1 Å². The maximum Gasteiger partial charge on any atom is 0.335 e. The molecule has 0 bridgehead atoms. The first-order chi connectivity index (χ1) is 14.4. The van der Waals surface area contributed by atoms with Gasteiger partial charge in [0, 0.05) is 10.4 Å². The molecule has 1 unspecified atom stereocenters. The van der Waals surface area contributed by atoms with Crippen LogP contribution in [0.15, 0.2) is 42.5 Å². The number of carbonyl (C=O) groups is 2. The number of amides is 1. The second kappa shape index (κ2) is 7.91. The molecule has 30 heavy (non-hydrogen) atoms. The van der Waals surface area contributed by atoms with Crippen LogP contribution in [0.1, 0.15) is 39.2 Å².